The number of carboxylic acid groups (broad SMARTS) is 1. The van der Waals surface area contributed by atoms with Gasteiger partial charge in [0.2, 0.25) is 0 Å². The summed E-state index contributed by atoms with van der Waals surface area (Å²) >= 11 is 0. The van der Waals surface area contributed by atoms with E-state index in [2.05, 4.69) is 4.98 Å². The number of aromatic nitrogens is 1. The van der Waals surface area contributed by atoms with Gasteiger partial charge in [-0.3, -0.25) is 4.98 Å². The number of rotatable bonds is 1. The highest BCUT2D eigenvalue weighted by molar-refractivity contribution is 6.04. The molecule has 0 aliphatic rings. The smallest absolute Gasteiger partial charge is 0.336 e. The van der Waals surface area contributed by atoms with Crippen molar-refractivity contribution in [1.82, 2.24) is 4.98 Å². The minimum absolute atomic E-state index is 0.366. The molecule has 2 rings (SSSR count). The van der Waals surface area contributed by atoms with Crippen LogP contribution in [0.2, 0.25) is 0 Å². The van der Waals surface area contributed by atoms with E-state index in [0.29, 0.717) is 5.56 Å². The van der Waals surface area contributed by atoms with E-state index in [1.807, 2.05) is 6.07 Å². The molecule has 0 fully saturated rings. The number of nitrogens with zero attached hydrogens (tertiary/aromatic N) is 1. The van der Waals surface area contributed by atoms with Crippen LogP contribution in [0.1, 0.15) is 15.9 Å². The molecule has 2 aromatic rings. The zero-order valence-electron chi connectivity index (χ0n) is 7.69. The first-order chi connectivity index (χ1) is 6.70. The Kier molecular flexibility index (Phi) is 1.93. The second-order valence-electron chi connectivity index (χ2n) is 3.16. The van der Waals surface area contributed by atoms with Crippen LogP contribution in [-0.4, -0.2) is 16.1 Å². The fraction of sp³-hybridized carbons (Fsp3) is 0.0909. The predicted molar refractivity (Wildman–Crippen MR) is 53.4 cm³/mol. The maximum Gasteiger partial charge on any atom is 0.336 e. The fourth-order valence-corrected chi connectivity index (χ4v) is 1.56. The van der Waals surface area contributed by atoms with Crippen LogP contribution in [0.25, 0.3) is 10.8 Å². The van der Waals surface area contributed by atoms with Gasteiger partial charge in [0.15, 0.2) is 0 Å². The third-order valence-corrected chi connectivity index (χ3v) is 2.24. The third kappa shape index (κ3) is 1.23. The molecular formula is C11H9NO2. The van der Waals surface area contributed by atoms with E-state index < -0.39 is 5.97 Å². The van der Waals surface area contributed by atoms with Crippen molar-refractivity contribution in [2.24, 2.45) is 0 Å². The molecule has 0 bridgehead atoms. The number of fused-ring (bicyclic) bond motifs is 1. The van der Waals surface area contributed by atoms with Crippen molar-refractivity contribution in [3.8, 4) is 0 Å². The van der Waals surface area contributed by atoms with Crippen LogP contribution >= 0.6 is 0 Å². The molecule has 0 unspecified atom stereocenters. The molecule has 70 valence electrons. The fourth-order valence-electron chi connectivity index (χ4n) is 1.56. The second-order valence-corrected chi connectivity index (χ2v) is 3.16. The van der Waals surface area contributed by atoms with E-state index in [1.165, 1.54) is 0 Å². The SMILES string of the molecule is Cc1ccc2cnccc2c1C(=O)O. The number of aromatic carboxylic acids is 1. The van der Waals surface area contributed by atoms with Gasteiger partial charge in [-0.2, -0.15) is 0 Å². The van der Waals surface area contributed by atoms with Crippen LogP contribution in [0.4, 0.5) is 0 Å². The molecule has 1 N–H and O–H groups in total. The minimum atomic E-state index is -0.890. The summed E-state index contributed by atoms with van der Waals surface area (Å²) in [4.78, 5) is 15.0. The van der Waals surface area contributed by atoms with Crippen LogP contribution < -0.4 is 0 Å². The normalized spacial score (nSPS) is 10.4. The number of pyridine rings is 1. The monoisotopic (exact) mass is 187 g/mol. The minimum Gasteiger partial charge on any atom is -0.478 e. The maximum absolute atomic E-state index is 11.0. The van der Waals surface area contributed by atoms with Gasteiger partial charge in [-0.05, 0) is 23.9 Å². The average molecular weight is 187 g/mol. The van der Waals surface area contributed by atoms with Crippen LogP contribution in [-0.2, 0) is 0 Å². The molecule has 1 aromatic heterocycles. The molecule has 0 radical (unpaired) electrons. The molecule has 0 spiro atoms. The maximum atomic E-state index is 11.0. The van der Waals surface area contributed by atoms with Gasteiger partial charge in [-0.15, -0.1) is 0 Å². The van der Waals surface area contributed by atoms with Gasteiger partial charge in [0, 0.05) is 17.8 Å². The summed E-state index contributed by atoms with van der Waals surface area (Å²) in [5.74, 6) is -0.890. The molecule has 0 aliphatic carbocycles. The van der Waals surface area contributed by atoms with Crippen LogP contribution in [0.5, 0.6) is 0 Å². The van der Waals surface area contributed by atoms with Crippen molar-refractivity contribution < 1.29 is 9.90 Å². The summed E-state index contributed by atoms with van der Waals surface area (Å²) in [6, 6.07) is 5.41. The largest absolute Gasteiger partial charge is 0.478 e. The Hall–Kier alpha value is -1.90. The lowest BCUT2D eigenvalue weighted by atomic mass is 10.0. The van der Waals surface area contributed by atoms with E-state index in [1.54, 1.807) is 31.5 Å². The summed E-state index contributed by atoms with van der Waals surface area (Å²) in [7, 11) is 0. The first-order valence-electron chi connectivity index (χ1n) is 4.27. The Balaban J connectivity index is 2.90. The number of carboxylic acids is 1. The zero-order chi connectivity index (χ0) is 10.1. The Labute approximate surface area is 81.0 Å². The molecule has 1 aromatic carbocycles. The molecule has 0 aliphatic heterocycles. The van der Waals surface area contributed by atoms with Crippen LogP contribution in [0.3, 0.4) is 0 Å². The van der Waals surface area contributed by atoms with Crippen molar-refractivity contribution in [1.29, 1.82) is 0 Å². The molecule has 3 heteroatoms. The van der Waals surface area contributed by atoms with Gasteiger partial charge in [0.1, 0.15) is 0 Å². The highest BCUT2D eigenvalue weighted by Gasteiger charge is 2.10. The Morgan fingerprint density at radius 3 is 2.86 bits per heavy atom. The lowest BCUT2D eigenvalue weighted by Crippen LogP contribution is -2.00. The van der Waals surface area contributed by atoms with Gasteiger partial charge in [0.05, 0.1) is 5.56 Å². The summed E-state index contributed by atoms with van der Waals surface area (Å²) in [5, 5.41) is 10.6. The lowest BCUT2D eigenvalue weighted by Gasteiger charge is -2.04. The zero-order valence-corrected chi connectivity index (χ0v) is 7.69. The summed E-state index contributed by atoms with van der Waals surface area (Å²) < 4.78 is 0. The van der Waals surface area contributed by atoms with E-state index in [0.717, 1.165) is 16.3 Å². The standard InChI is InChI=1S/C11H9NO2/c1-7-2-3-8-6-12-5-4-9(8)10(7)11(13)14/h2-6H,1H3,(H,13,14). The highest BCUT2D eigenvalue weighted by Crippen LogP contribution is 2.20. The van der Waals surface area contributed by atoms with Gasteiger partial charge < -0.3 is 5.11 Å². The van der Waals surface area contributed by atoms with Gasteiger partial charge in [-0.25, -0.2) is 4.79 Å². The molecule has 0 amide bonds. The van der Waals surface area contributed by atoms with Crippen molar-refractivity contribution >= 4 is 16.7 Å². The number of hydrogen-bond donors (Lipinski definition) is 1. The van der Waals surface area contributed by atoms with E-state index in [9.17, 15) is 4.79 Å². The van der Waals surface area contributed by atoms with Crippen LogP contribution in [0.15, 0.2) is 30.6 Å². The predicted octanol–water partition coefficient (Wildman–Crippen LogP) is 2.24. The van der Waals surface area contributed by atoms with Crippen molar-refractivity contribution in [3.63, 3.8) is 0 Å². The number of benzene rings is 1. The average Bonchev–Trinajstić information content (AvgIpc) is 2.17. The Morgan fingerprint density at radius 1 is 1.36 bits per heavy atom. The van der Waals surface area contributed by atoms with Crippen LogP contribution in [0, 0.1) is 6.92 Å². The highest BCUT2D eigenvalue weighted by atomic mass is 16.4. The van der Waals surface area contributed by atoms with E-state index in [4.69, 9.17) is 5.11 Å². The van der Waals surface area contributed by atoms with Crippen molar-refractivity contribution in [3.05, 3.63) is 41.7 Å². The molecule has 0 saturated heterocycles. The van der Waals surface area contributed by atoms with Crippen molar-refractivity contribution in [2.45, 2.75) is 6.92 Å². The van der Waals surface area contributed by atoms with Gasteiger partial charge in [0.25, 0.3) is 0 Å². The lowest BCUT2D eigenvalue weighted by molar-refractivity contribution is 0.0698. The molecular weight excluding hydrogens is 178 g/mol. The van der Waals surface area contributed by atoms with E-state index >= 15 is 0 Å². The Morgan fingerprint density at radius 2 is 2.14 bits per heavy atom. The van der Waals surface area contributed by atoms with Gasteiger partial charge >= 0.3 is 5.97 Å². The summed E-state index contributed by atoms with van der Waals surface area (Å²) in [6.07, 6.45) is 3.27. The molecule has 3 nitrogen and oxygen atoms in total. The van der Waals surface area contributed by atoms with Crippen molar-refractivity contribution in [2.75, 3.05) is 0 Å². The summed E-state index contributed by atoms with van der Waals surface area (Å²) in [5.41, 5.74) is 1.14. The third-order valence-electron chi connectivity index (χ3n) is 2.24. The molecule has 1 heterocycles. The second kappa shape index (κ2) is 3.10. The first-order valence-corrected chi connectivity index (χ1v) is 4.27. The molecule has 0 saturated carbocycles. The summed E-state index contributed by atoms with van der Waals surface area (Å²) in [6.45, 7) is 1.79. The number of aryl methyl sites for hydroxylation is 1. The molecule has 0 atom stereocenters. The number of carbonyl (C=O) groups is 1. The Bertz CT molecular complexity index is 506. The van der Waals surface area contributed by atoms with Gasteiger partial charge in [-0.1, -0.05) is 12.1 Å². The topological polar surface area (TPSA) is 50.2 Å². The van der Waals surface area contributed by atoms with E-state index in [-0.39, 0.29) is 0 Å². The quantitative estimate of drug-likeness (QED) is 0.744. The molecule has 14 heavy (non-hydrogen) atoms. The number of hydrogen-bond acceptors (Lipinski definition) is 2. The first kappa shape index (κ1) is 8.69.